The smallest absolute Gasteiger partial charge is 0.131 e. The number of fused-ring (bicyclic) bond motifs is 1. The fourth-order valence-corrected chi connectivity index (χ4v) is 3.03. The van der Waals surface area contributed by atoms with Crippen molar-refractivity contribution in [3.63, 3.8) is 0 Å². The van der Waals surface area contributed by atoms with Crippen molar-refractivity contribution in [1.82, 2.24) is 4.98 Å². The highest BCUT2D eigenvalue weighted by Gasteiger charge is 2.13. The standard InChI is InChI=1S/C17H19N3S/c1-11-9-13(17(18)21)10-16(19-11)20-15-8-4-6-12-5-2-3-7-14(12)15/h4,6,8-10H,2-3,5,7H2,1H3,(H2,18,21)(H,19,20). The van der Waals surface area contributed by atoms with Crippen molar-refractivity contribution in [2.75, 3.05) is 5.32 Å². The van der Waals surface area contributed by atoms with Crippen LogP contribution in [0.2, 0.25) is 0 Å². The topological polar surface area (TPSA) is 50.9 Å². The van der Waals surface area contributed by atoms with Gasteiger partial charge in [0.1, 0.15) is 10.8 Å². The second-order valence-corrected chi connectivity index (χ2v) is 5.96. The van der Waals surface area contributed by atoms with Crippen molar-refractivity contribution in [1.29, 1.82) is 0 Å². The van der Waals surface area contributed by atoms with Crippen LogP contribution in [0.1, 0.15) is 35.2 Å². The summed E-state index contributed by atoms with van der Waals surface area (Å²) < 4.78 is 0. The molecule has 1 aromatic carbocycles. The van der Waals surface area contributed by atoms with Gasteiger partial charge in [0.2, 0.25) is 0 Å². The molecule has 0 saturated heterocycles. The molecule has 0 aliphatic heterocycles. The zero-order chi connectivity index (χ0) is 14.8. The minimum absolute atomic E-state index is 0.402. The third-order valence-electron chi connectivity index (χ3n) is 3.90. The Morgan fingerprint density at radius 1 is 1.24 bits per heavy atom. The molecule has 3 rings (SSSR count). The Hall–Kier alpha value is -1.94. The Balaban J connectivity index is 1.95. The third kappa shape index (κ3) is 3.05. The number of thiocarbonyl (C=S) groups is 1. The Bertz CT molecular complexity index is 694. The second kappa shape index (κ2) is 5.82. The van der Waals surface area contributed by atoms with Crippen molar-refractivity contribution >= 4 is 28.7 Å². The summed E-state index contributed by atoms with van der Waals surface area (Å²) >= 11 is 5.07. The molecular formula is C17H19N3S. The number of nitrogens with two attached hydrogens (primary N) is 1. The largest absolute Gasteiger partial charge is 0.389 e. The summed E-state index contributed by atoms with van der Waals surface area (Å²) in [6, 6.07) is 10.3. The molecule has 0 bridgehead atoms. The molecule has 0 unspecified atom stereocenters. The van der Waals surface area contributed by atoms with Gasteiger partial charge in [-0.05, 0) is 61.9 Å². The van der Waals surface area contributed by atoms with E-state index in [0.717, 1.165) is 29.2 Å². The molecule has 3 nitrogen and oxygen atoms in total. The monoisotopic (exact) mass is 297 g/mol. The van der Waals surface area contributed by atoms with E-state index in [1.165, 1.54) is 30.4 Å². The molecule has 108 valence electrons. The summed E-state index contributed by atoms with van der Waals surface area (Å²) in [5.41, 5.74) is 11.5. The van der Waals surface area contributed by atoms with E-state index in [1.807, 2.05) is 19.1 Å². The summed E-state index contributed by atoms with van der Waals surface area (Å²) in [5, 5.41) is 3.44. The van der Waals surface area contributed by atoms with E-state index < -0.39 is 0 Å². The number of pyridine rings is 1. The number of hydrogen-bond acceptors (Lipinski definition) is 3. The number of nitrogens with one attached hydrogen (secondary N) is 1. The number of hydrogen-bond donors (Lipinski definition) is 2. The highest BCUT2D eigenvalue weighted by atomic mass is 32.1. The Morgan fingerprint density at radius 3 is 2.86 bits per heavy atom. The highest BCUT2D eigenvalue weighted by molar-refractivity contribution is 7.80. The normalized spacial score (nSPS) is 13.6. The molecule has 0 amide bonds. The minimum Gasteiger partial charge on any atom is -0.389 e. The summed E-state index contributed by atoms with van der Waals surface area (Å²) in [4.78, 5) is 4.94. The lowest BCUT2D eigenvalue weighted by Crippen LogP contribution is -2.11. The third-order valence-corrected chi connectivity index (χ3v) is 4.13. The number of anilines is 2. The minimum atomic E-state index is 0.402. The first kappa shape index (κ1) is 14.0. The number of aryl methyl sites for hydroxylation is 2. The summed E-state index contributed by atoms with van der Waals surface area (Å²) in [5.74, 6) is 0.803. The van der Waals surface area contributed by atoms with E-state index in [0.29, 0.717) is 4.99 Å². The van der Waals surface area contributed by atoms with Gasteiger partial charge in [-0.15, -0.1) is 0 Å². The van der Waals surface area contributed by atoms with E-state index >= 15 is 0 Å². The molecule has 1 aliphatic rings. The SMILES string of the molecule is Cc1cc(C(N)=S)cc(Nc2cccc3c2CCCC3)n1. The van der Waals surface area contributed by atoms with Crippen molar-refractivity contribution in [3.05, 3.63) is 52.7 Å². The van der Waals surface area contributed by atoms with Crippen molar-refractivity contribution in [2.45, 2.75) is 32.6 Å². The average Bonchev–Trinajstić information content (AvgIpc) is 2.47. The molecule has 21 heavy (non-hydrogen) atoms. The van der Waals surface area contributed by atoms with E-state index in [9.17, 15) is 0 Å². The maximum absolute atomic E-state index is 5.73. The molecule has 1 heterocycles. The number of benzene rings is 1. The summed E-state index contributed by atoms with van der Waals surface area (Å²) in [6.45, 7) is 1.95. The van der Waals surface area contributed by atoms with Crippen molar-refractivity contribution < 1.29 is 0 Å². The van der Waals surface area contributed by atoms with Gasteiger partial charge in [-0.1, -0.05) is 24.4 Å². The van der Waals surface area contributed by atoms with Gasteiger partial charge < -0.3 is 11.1 Å². The Morgan fingerprint density at radius 2 is 2.05 bits per heavy atom. The lowest BCUT2D eigenvalue weighted by Gasteiger charge is -2.20. The van der Waals surface area contributed by atoms with Gasteiger partial charge in [-0.25, -0.2) is 4.98 Å². The van der Waals surface area contributed by atoms with Gasteiger partial charge in [-0.2, -0.15) is 0 Å². The number of nitrogens with zero attached hydrogens (tertiary/aromatic N) is 1. The van der Waals surface area contributed by atoms with Crippen LogP contribution in [0.15, 0.2) is 30.3 Å². The molecule has 0 radical (unpaired) electrons. The van der Waals surface area contributed by atoms with E-state index in [-0.39, 0.29) is 0 Å². The fourth-order valence-electron chi connectivity index (χ4n) is 2.91. The molecule has 0 saturated carbocycles. The van der Waals surface area contributed by atoms with Crippen molar-refractivity contribution in [2.24, 2.45) is 5.73 Å². The predicted octanol–water partition coefficient (Wildman–Crippen LogP) is 3.65. The first-order chi connectivity index (χ1) is 10.1. The van der Waals surface area contributed by atoms with Crippen molar-refractivity contribution in [3.8, 4) is 0 Å². The van der Waals surface area contributed by atoms with E-state index in [1.54, 1.807) is 0 Å². The Kier molecular flexibility index (Phi) is 3.88. The van der Waals surface area contributed by atoms with Crippen LogP contribution in [0.3, 0.4) is 0 Å². The van der Waals surface area contributed by atoms with Gasteiger partial charge in [0.25, 0.3) is 0 Å². The fraction of sp³-hybridized carbons (Fsp3) is 0.294. The summed E-state index contributed by atoms with van der Waals surface area (Å²) in [6.07, 6.45) is 4.84. The van der Waals surface area contributed by atoms with Crippen LogP contribution < -0.4 is 11.1 Å². The molecule has 0 fully saturated rings. The van der Waals surface area contributed by atoms with Gasteiger partial charge in [0.05, 0.1) is 0 Å². The lowest BCUT2D eigenvalue weighted by molar-refractivity contribution is 0.687. The van der Waals surface area contributed by atoms with Crippen LogP contribution in [0.5, 0.6) is 0 Å². The van der Waals surface area contributed by atoms with Crippen LogP contribution in [0.4, 0.5) is 11.5 Å². The second-order valence-electron chi connectivity index (χ2n) is 5.52. The first-order valence-electron chi connectivity index (χ1n) is 7.30. The zero-order valence-electron chi connectivity index (χ0n) is 12.1. The van der Waals surface area contributed by atoms with Crippen LogP contribution in [0.25, 0.3) is 0 Å². The molecule has 1 aliphatic carbocycles. The van der Waals surface area contributed by atoms with Crippen LogP contribution in [-0.2, 0) is 12.8 Å². The van der Waals surface area contributed by atoms with E-state index in [2.05, 4.69) is 28.5 Å². The molecule has 2 aromatic rings. The van der Waals surface area contributed by atoms with Gasteiger partial charge in [0, 0.05) is 16.9 Å². The molecule has 0 spiro atoms. The molecule has 0 atom stereocenters. The predicted molar refractivity (Wildman–Crippen MR) is 91.2 cm³/mol. The molecule has 1 aromatic heterocycles. The van der Waals surface area contributed by atoms with Crippen LogP contribution in [0, 0.1) is 6.92 Å². The maximum atomic E-state index is 5.73. The van der Waals surface area contributed by atoms with Gasteiger partial charge in [-0.3, -0.25) is 0 Å². The average molecular weight is 297 g/mol. The highest BCUT2D eigenvalue weighted by Crippen LogP contribution is 2.29. The Labute approximate surface area is 130 Å². The molecule has 4 heteroatoms. The van der Waals surface area contributed by atoms with E-state index in [4.69, 9.17) is 18.0 Å². The molecule has 3 N–H and O–H groups in total. The summed E-state index contributed by atoms with van der Waals surface area (Å²) in [7, 11) is 0. The molecular weight excluding hydrogens is 278 g/mol. The quantitative estimate of drug-likeness (QED) is 0.849. The maximum Gasteiger partial charge on any atom is 0.131 e. The number of rotatable bonds is 3. The lowest BCUT2D eigenvalue weighted by atomic mass is 9.90. The zero-order valence-corrected chi connectivity index (χ0v) is 13.0. The number of aromatic nitrogens is 1. The van der Waals surface area contributed by atoms with Crippen LogP contribution in [-0.4, -0.2) is 9.97 Å². The van der Waals surface area contributed by atoms with Gasteiger partial charge in [0.15, 0.2) is 0 Å². The first-order valence-corrected chi connectivity index (χ1v) is 7.70. The van der Waals surface area contributed by atoms with Crippen LogP contribution >= 0.6 is 12.2 Å². The van der Waals surface area contributed by atoms with Gasteiger partial charge >= 0.3 is 0 Å².